The van der Waals surface area contributed by atoms with Crippen molar-refractivity contribution in [3.8, 4) is 0 Å². The molecular weight excluding hydrogens is 392 g/mol. The molecule has 1 fully saturated rings. The Morgan fingerprint density at radius 2 is 2.08 bits per heavy atom. The Morgan fingerprint density at radius 1 is 1.40 bits per heavy atom. The molecule has 12 heteroatoms. The van der Waals surface area contributed by atoms with Crippen LogP contribution < -0.4 is 5.32 Å². The minimum atomic E-state index is -3.16. The number of nitrogens with zero attached hydrogens (tertiary/aromatic N) is 1. The Morgan fingerprint density at radius 3 is 2.60 bits per heavy atom. The number of carbonyl (C=O) groups is 1. The molecule has 1 aromatic rings. The highest BCUT2D eigenvalue weighted by Gasteiger charge is 2.30. The van der Waals surface area contributed by atoms with Gasteiger partial charge in [-0.1, -0.05) is 0 Å². The van der Waals surface area contributed by atoms with Crippen LogP contribution >= 0.6 is 0 Å². The van der Waals surface area contributed by atoms with Gasteiger partial charge < -0.3 is 5.32 Å². The van der Waals surface area contributed by atoms with Crippen LogP contribution in [0.15, 0.2) is 28.0 Å². The highest BCUT2D eigenvalue weighted by molar-refractivity contribution is 7.91. The Labute approximate surface area is 149 Å². The molecule has 1 aromatic carbocycles. The molecule has 1 amide bonds. The number of nitrogens with one attached hydrogen (secondary N) is 1. The number of rotatable bonds is 6. The van der Waals surface area contributed by atoms with E-state index < -0.39 is 59.7 Å². The smallest absolute Gasteiger partial charge is 0.286 e. The van der Waals surface area contributed by atoms with E-state index in [2.05, 4.69) is 5.32 Å². The first-order valence-electron chi connectivity index (χ1n) is 7.09. The Hall–Kier alpha value is -1.66. The lowest BCUT2D eigenvalue weighted by atomic mass is 10.3. The molecule has 138 valence electrons. The fraction of sp³-hybridized carbons (Fsp3) is 0.462. The average Bonchev–Trinajstić information content (AvgIpc) is 2.84. The van der Waals surface area contributed by atoms with Crippen molar-refractivity contribution in [1.29, 1.82) is 0 Å². The molecule has 1 aliphatic rings. The molecule has 1 saturated heterocycles. The minimum Gasteiger partial charge on any atom is -0.352 e. The van der Waals surface area contributed by atoms with E-state index in [1.807, 2.05) is 0 Å². The quantitative estimate of drug-likeness (QED) is 0.505. The summed E-state index contributed by atoms with van der Waals surface area (Å²) in [6, 6.07) is 3.12. The monoisotopic (exact) mass is 408 g/mol. The predicted molar refractivity (Wildman–Crippen MR) is 91.9 cm³/mol. The summed E-state index contributed by atoms with van der Waals surface area (Å²) in [4.78, 5) is 22.4. The first-order valence-corrected chi connectivity index (χ1v) is 11.8. The van der Waals surface area contributed by atoms with E-state index in [4.69, 9.17) is 0 Å². The summed E-state index contributed by atoms with van der Waals surface area (Å²) in [5.41, 5.74) is -0.470. The van der Waals surface area contributed by atoms with E-state index in [1.54, 1.807) is 0 Å². The first-order chi connectivity index (χ1) is 11.6. The van der Waals surface area contributed by atoms with Gasteiger partial charge in [0.15, 0.2) is 9.84 Å². The number of carbonyl (C=O) groups excluding carboxylic acids is 1. The molecule has 9 nitrogen and oxygen atoms in total. The van der Waals surface area contributed by atoms with Gasteiger partial charge in [0.2, 0.25) is 5.91 Å². The summed E-state index contributed by atoms with van der Waals surface area (Å²) >= 11 is 0. The van der Waals surface area contributed by atoms with Gasteiger partial charge in [-0.15, -0.1) is 0 Å². The van der Waals surface area contributed by atoms with Crippen molar-refractivity contribution in [2.75, 3.05) is 23.5 Å². The summed E-state index contributed by atoms with van der Waals surface area (Å²) in [7, 11) is -6.59. The molecule has 3 unspecified atom stereocenters. The van der Waals surface area contributed by atoms with E-state index in [9.17, 15) is 31.7 Å². The maximum Gasteiger partial charge on any atom is 0.286 e. The number of benzene rings is 1. The van der Waals surface area contributed by atoms with Crippen molar-refractivity contribution in [3.63, 3.8) is 0 Å². The van der Waals surface area contributed by atoms with Gasteiger partial charge in [0.25, 0.3) is 5.69 Å². The van der Waals surface area contributed by atoms with Gasteiger partial charge in [-0.2, -0.15) is 0 Å². The van der Waals surface area contributed by atoms with Crippen LogP contribution in [0.3, 0.4) is 0 Å². The van der Waals surface area contributed by atoms with Crippen LogP contribution in [0.2, 0.25) is 0 Å². The lowest BCUT2D eigenvalue weighted by Gasteiger charge is -2.10. The van der Waals surface area contributed by atoms with Crippen LogP contribution in [-0.4, -0.2) is 57.2 Å². The maximum atomic E-state index is 12.3. The van der Waals surface area contributed by atoms with Crippen molar-refractivity contribution in [1.82, 2.24) is 5.32 Å². The predicted octanol–water partition coefficient (Wildman–Crippen LogP) is -0.257. The van der Waals surface area contributed by atoms with Crippen LogP contribution in [0.5, 0.6) is 0 Å². The molecule has 0 bridgehead atoms. The van der Waals surface area contributed by atoms with Crippen LogP contribution in [0, 0.1) is 10.1 Å². The standard InChI is InChI=1S/C13H16N2O7S3/c1-23(19)10-2-3-12(11(6-10)15(17)18)24(20)7-13(16)14-9-4-5-25(21,22)8-9/h2-3,6,9H,4-5,7-8H2,1H3,(H,14,16). The van der Waals surface area contributed by atoms with Gasteiger partial charge in [0.05, 0.1) is 38.0 Å². The fourth-order valence-electron chi connectivity index (χ4n) is 2.39. The normalized spacial score (nSPS) is 21.4. The number of hydrogen-bond acceptors (Lipinski definition) is 7. The largest absolute Gasteiger partial charge is 0.352 e. The van der Waals surface area contributed by atoms with Gasteiger partial charge >= 0.3 is 0 Å². The molecule has 0 saturated carbocycles. The van der Waals surface area contributed by atoms with Gasteiger partial charge in [0, 0.05) is 23.3 Å². The van der Waals surface area contributed by atoms with E-state index in [1.165, 1.54) is 18.4 Å². The third-order valence-corrected chi connectivity index (χ3v) is 7.61. The van der Waals surface area contributed by atoms with E-state index in [0.717, 1.165) is 6.07 Å². The number of nitro benzene ring substituents is 1. The molecule has 0 aromatic heterocycles. The number of hydrogen-bond donors (Lipinski definition) is 1. The lowest BCUT2D eigenvalue weighted by molar-refractivity contribution is -0.388. The lowest BCUT2D eigenvalue weighted by Crippen LogP contribution is -2.38. The van der Waals surface area contributed by atoms with E-state index >= 15 is 0 Å². The summed E-state index contributed by atoms with van der Waals surface area (Å²) in [5, 5.41) is 13.6. The molecule has 1 N–H and O–H groups in total. The van der Waals surface area contributed by atoms with Crippen LogP contribution in [0.4, 0.5) is 5.69 Å². The third-order valence-electron chi connectivity index (χ3n) is 3.56. The van der Waals surface area contributed by atoms with Crippen molar-refractivity contribution in [2.24, 2.45) is 0 Å². The molecule has 1 aliphatic heterocycles. The SMILES string of the molecule is CS(=O)c1ccc(S(=O)CC(=O)NC2CCS(=O)(=O)C2)c([N+](=O)[O-])c1. The molecule has 0 aliphatic carbocycles. The second kappa shape index (κ2) is 7.70. The van der Waals surface area contributed by atoms with Crippen molar-refractivity contribution >= 4 is 43.0 Å². The second-order valence-corrected chi connectivity index (χ2v) is 10.5. The van der Waals surface area contributed by atoms with Gasteiger partial charge in [-0.3, -0.25) is 23.3 Å². The molecule has 2 rings (SSSR count). The number of amides is 1. The Balaban J connectivity index is 2.11. The Kier molecular flexibility index (Phi) is 6.06. The van der Waals surface area contributed by atoms with Gasteiger partial charge in [-0.25, -0.2) is 8.42 Å². The van der Waals surface area contributed by atoms with Gasteiger partial charge in [0.1, 0.15) is 10.6 Å². The van der Waals surface area contributed by atoms with Crippen LogP contribution in [0.25, 0.3) is 0 Å². The summed E-state index contributed by atoms with van der Waals surface area (Å²) in [6.45, 7) is 0. The zero-order chi connectivity index (χ0) is 18.8. The molecule has 0 spiro atoms. The Bertz CT molecular complexity index is 866. The second-order valence-electron chi connectivity index (χ2n) is 5.50. The van der Waals surface area contributed by atoms with Crippen molar-refractivity contribution in [2.45, 2.75) is 22.3 Å². The minimum absolute atomic E-state index is 0.0118. The van der Waals surface area contributed by atoms with Crippen molar-refractivity contribution < 1.29 is 26.6 Å². The topological polar surface area (TPSA) is 141 Å². The maximum absolute atomic E-state index is 12.3. The molecule has 3 atom stereocenters. The molecule has 0 radical (unpaired) electrons. The first kappa shape index (κ1) is 19.7. The number of nitro groups is 1. The highest BCUT2D eigenvalue weighted by Crippen LogP contribution is 2.25. The van der Waals surface area contributed by atoms with E-state index in [-0.39, 0.29) is 27.7 Å². The zero-order valence-corrected chi connectivity index (χ0v) is 15.6. The number of sulfone groups is 1. The van der Waals surface area contributed by atoms with Crippen LogP contribution in [-0.2, 0) is 36.2 Å². The van der Waals surface area contributed by atoms with Crippen LogP contribution in [0.1, 0.15) is 6.42 Å². The molecular formula is C13H16N2O7S3. The fourth-order valence-corrected chi connectivity index (χ4v) is 5.66. The molecule has 1 heterocycles. The van der Waals surface area contributed by atoms with E-state index in [0.29, 0.717) is 0 Å². The summed E-state index contributed by atoms with van der Waals surface area (Å²) < 4.78 is 46.5. The highest BCUT2D eigenvalue weighted by atomic mass is 32.2. The van der Waals surface area contributed by atoms with Crippen molar-refractivity contribution in [3.05, 3.63) is 28.3 Å². The zero-order valence-electron chi connectivity index (χ0n) is 13.2. The summed E-state index contributed by atoms with van der Waals surface area (Å²) in [5.74, 6) is -1.34. The third kappa shape index (κ3) is 5.16. The summed E-state index contributed by atoms with van der Waals surface area (Å²) in [6.07, 6.45) is 1.65. The average molecular weight is 408 g/mol. The molecule has 25 heavy (non-hydrogen) atoms. The van der Waals surface area contributed by atoms with Gasteiger partial charge in [-0.05, 0) is 18.6 Å².